The molecule has 0 amide bonds. The quantitative estimate of drug-likeness (QED) is 0.188. The van der Waals surface area contributed by atoms with E-state index in [0.29, 0.717) is 5.92 Å². The molecule has 2 atom stereocenters. The van der Waals surface area contributed by atoms with E-state index in [9.17, 15) is 0 Å². The van der Waals surface area contributed by atoms with Crippen molar-refractivity contribution < 1.29 is 0 Å². The molecular weight excluding hydrogens is 403 g/mol. The SMILES string of the molecule is CCCCCCCCCCCCCCC(c1cccc2ccccc12)C(C)(C)P.Cl. The zero-order valence-corrected chi connectivity index (χ0v) is 21.8. The van der Waals surface area contributed by atoms with Crippen LogP contribution in [0.2, 0.25) is 0 Å². The number of hydrogen-bond donors (Lipinski definition) is 0. The molecule has 0 spiro atoms. The summed E-state index contributed by atoms with van der Waals surface area (Å²) in [7, 11) is 3.12. The van der Waals surface area contributed by atoms with Gasteiger partial charge in [0.1, 0.15) is 0 Å². The van der Waals surface area contributed by atoms with Crippen LogP contribution in [0.5, 0.6) is 0 Å². The molecule has 0 saturated heterocycles. The van der Waals surface area contributed by atoms with E-state index in [4.69, 9.17) is 0 Å². The molecule has 0 fully saturated rings. The van der Waals surface area contributed by atoms with E-state index < -0.39 is 0 Å². The maximum Gasteiger partial charge on any atom is -0.00700 e. The Balaban J connectivity index is 0.00000450. The van der Waals surface area contributed by atoms with Crippen molar-refractivity contribution in [1.82, 2.24) is 0 Å². The fourth-order valence-electron chi connectivity index (χ4n) is 4.67. The summed E-state index contributed by atoms with van der Waals surface area (Å²) in [5, 5.41) is 3.04. The molecule has 0 radical (unpaired) electrons. The average molecular weight is 449 g/mol. The molecule has 0 nitrogen and oxygen atoms in total. The molecule has 0 saturated carbocycles. The van der Waals surface area contributed by atoms with Crippen LogP contribution in [0.25, 0.3) is 10.8 Å². The summed E-state index contributed by atoms with van der Waals surface area (Å²) in [4.78, 5) is 0. The van der Waals surface area contributed by atoms with Crippen molar-refractivity contribution in [2.75, 3.05) is 0 Å². The average Bonchev–Trinajstić information content (AvgIpc) is 2.70. The first-order valence-corrected chi connectivity index (χ1v) is 12.9. The van der Waals surface area contributed by atoms with Gasteiger partial charge in [-0.1, -0.05) is 140 Å². The molecule has 2 heteroatoms. The Hall–Kier alpha value is -0.580. The molecule has 0 aliphatic carbocycles. The molecule has 0 aliphatic heterocycles. The first kappa shape index (κ1) is 27.5. The van der Waals surface area contributed by atoms with Crippen LogP contribution in [0.15, 0.2) is 42.5 Å². The highest BCUT2D eigenvalue weighted by atomic mass is 35.5. The highest BCUT2D eigenvalue weighted by Gasteiger charge is 2.27. The van der Waals surface area contributed by atoms with Gasteiger partial charge in [0, 0.05) is 0 Å². The van der Waals surface area contributed by atoms with Crippen LogP contribution >= 0.6 is 21.6 Å². The predicted octanol–water partition coefficient (Wildman–Crippen LogP) is 10.1. The summed E-state index contributed by atoms with van der Waals surface area (Å²) >= 11 is 0. The molecule has 30 heavy (non-hydrogen) atoms. The third-order valence-electron chi connectivity index (χ3n) is 6.44. The van der Waals surface area contributed by atoms with Crippen LogP contribution < -0.4 is 0 Å². The molecule has 0 heterocycles. The van der Waals surface area contributed by atoms with Crippen molar-refractivity contribution in [3.8, 4) is 0 Å². The summed E-state index contributed by atoms with van der Waals surface area (Å²) in [5.41, 5.74) is 1.53. The van der Waals surface area contributed by atoms with Gasteiger partial charge in [0.05, 0.1) is 0 Å². The van der Waals surface area contributed by atoms with Crippen molar-refractivity contribution >= 4 is 32.4 Å². The molecule has 0 aromatic heterocycles. The van der Waals surface area contributed by atoms with E-state index in [1.807, 2.05) is 0 Å². The topological polar surface area (TPSA) is 0 Å². The Kier molecular flexibility index (Phi) is 14.0. The van der Waals surface area contributed by atoms with Gasteiger partial charge in [0.25, 0.3) is 0 Å². The van der Waals surface area contributed by atoms with Crippen LogP contribution in [0, 0.1) is 0 Å². The number of rotatable bonds is 15. The van der Waals surface area contributed by atoms with Crippen molar-refractivity contribution in [3.05, 3.63) is 48.0 Å². The summed E-state index contributed by atoms with van der Waals surface area (Å²) in [6.45, 7) is 7.06. The third-order valence-corrected chi connectivity index (χ3v) is 6.85. The first-order chi connectivity index (χ1) is 14.0. The summed E-state index contributed by atoms with van der Waals surface area (Å²) in [6, 6.07) is 15.7. The van der Waals surface area contributed by atoms with Gasteiger partial charge >= 0.3 is 0 Å². The highest BCUT2D eigenvalue weighted by Crippen LogP contribution is 2.41. The molecule has 0 bridgehead atoms. The van der Waals surface area contributed by atoms with Gasteiger partial charge in [0.2, 0.25) is 0 Å². The summed E-state index contributed by atoms with van der Waals surface area (Å²) < 4.78 is 0. The zero-order chi connectivity index (χ0) is 21.0. The molecule has 0 aliphatic rings. The van der Waals surface area contributed by atoms with Gasteiger partial charge in [-0.05, 0) is 33.8 Å². The lowest BCUT2D eigenvalue weighted by Gasteiger charge is -2.32. The number of fused-ring (bicyclic) bond motifs is 1. The highest BCUT2D eigenvalue weighted by molar-refractivity contribution is 7.19. The Labute approximate surface area is 195 Å². The van der Waals surface area contributed by atoms with Crippen LogP contribution in [-0.2, 0) is 0 Å². The molecule has 2 aromatic carbocycles. The maximum absolute atomic E-state index is 3.12. The summed E-state index contributed by atoms with van der Waals surface area (Å²) in [5.74, 6) is 0.599. The fourth-order valence-corrected chi connectivity index (χ4v) is 5.02. The molecule has 170 valence electrons. The van der Waals surface area contributed by atoms with Gasteiger partial charge in [-0.15, -0.1) is 21.6 Å². The van der Waals surface area contributed by atoms with E-state index in [1.165, 1.54) is 99.8 Å². The van der Waals surface area contributed by atoms with Crippen LogP contribution in [0.3, 0.4) is 0 Å². The minimum atomic E-state index is 0. The summed E-state index contributed by atoms with van der Waals surface area (Å²) in [6.07, 6.45) is 18.3. The van der Waals surface area contributed by atoms with E-state index in [0.717, 1.165) is 0 Å². The molecule has 0 N–H and O–H groups in total. The lowest BCUT2D eigenvalue weighted by Crippen LogP contribution is -2.22. The van der Waals surface area contributed by atoms with Gasteiger partial charge < -0.3 is 0 Å². The standard InChI is InChI=1S/C28H45P.ClH/c1-4-5-6-7-8-9-10-11-12-13-14-15-23-27(28(2,3)29)26-22-18-20-24-19-16-17-21-25(24)26;/h16-22,27H,4-15,23,29H2,1-3H3;1H. The van der Waals surface area contributed by atoms with Crippen molar-refractivity contribution in [2.45, 2.75) is 115 Å². The van der Waals surface area contributed by atoms with Gasteiger partial charge in [0.15, 0.2) is 0 Å². The van der Waals surface area contributed by atoms with E-state index in [-0.39, 0.29) is 17.6 Å². The fraction of sp³-hybridized carbons (Fsp3) is 0.643. The van der Waals surface area contributed by atoms with Crippen LogP contribution in [0.4, 0.5) is 0 Å². The second-order valence-corrected chi connectivity index (χ2v) is 11.1. The van der Waals surface area contributed by atoms with Crippen molar-refractivity contribution in [3.63, 3.8) is 0 Å². The Morgan fingerprint density at radius 1 is 0.700 bits per heavy atom. The number of hydrogen-bond acceptors (Lipinski definition) is 0. The predicted molar refractivity (Wildman–Crippen MR) is 143 cm³/mol. The zero-order valence-electron chi connectivity index (χ0n) is 19.8. The Morgan fingerprint density at radius 3 is 1.77 bits per heavy atom. The molecular formula is C28H46ClP. The Bertz CT molecular complexity index is 683. The minimum Gasteiger partial charge on any atom is -0.147 e. The second-order valence-electron chi connectivity index (χ2n) is 9.62. The number of benzene rings is 2. The Morgan fingerprint density at radius 2 is 1.20 bits per heavy atom. The molecule has 2 rings (SSSR count). The first-order valence-electron chi connectivity index (χ1n) is 12.3. The van der Waals surface area contributed by atoms with Crippen molar-refractivity contribution in [2.24, 2.45) is 0 Å². The number of unbranched alkanes of at least 4 members (excludes halogenated alkanes) is 11. The second kappa shape index (κ2) is 15.3. The van der Waals surface area contributed by atoms with E-state index >= 15 is 0 Å². The largest absolute Gasteiger partial charge is 0.147 e. The van der Waals surface area contributed by atoms with Gasteiger partial charge in [-0.3, -0.25) is 0 Å². The van der Waals surface area contributed by atoms with Crippen LogP contribution in [-0.4, -0.2) is 5.16 Å². The van der Waals surface area contributed by atoms with E-state index in [1.54, 1.807) is 0 Å². The molecule has 2 unspecified atom stereocenters. The number of halogens is 1. The smallest absolute Gasteiger partial charge is 0.00700 e. The van der Waals surface area contributed by atoms with Crippen LogP contribution in [0.1, 0.15) is 116 Å². The van der Waals surface area contributed by atoms with E-state index in [2.05, 4.69) is 72.5 Å². The van der Waals surface area contributed by atoms with Gasteiger partial charge in [-0.25, -0.2) is 0 Å². The van der Waals surface area contributed by atoms with Gasteiger partial charge in [-0.2, -0.15) is 0 Å². The lowest BCUT2D eigenvalue weighted by atomic mass is 9.81. The normalized spacial score (nSPS) is 12.7. The maximum atomic E-state index is 3.12. The third kappa shape index (κ3) is 9.70. The lowest BCUT2D eigenvalue weighted by molar-refractivity contribution is 0.472. The minimum absolute atomic E-state index is 0. The van der Waals surface area contributed by atoms with Crippen molar-refractivity contribution in [1.29, 1.82) is 0 Å². The molecule has 2 aromatic rings. The monoisotopic (exact) mass is 448 g/mol.